The van der Waals surface area contributed by atoms with Crippen molar-refractivity contribution in [3.63, 3.8) is 0 Å². The summed E-state index contributed by atoms with van der Waals surface area (Å²) >= 11 is 1.48. The Kier molecular flexibility index (Phi) is 3.06. The maximum atomic E-state index is 12.0. The van der Waals surface area contributed by atoms with Gasteiger partial charge in [0.15, 0.2) is 0 Å². The normalized spacial score (nSPS) is 29.7. The summed E-state index contributed by atoms with van der Waals surface area (Å²) in [4.78, 5) is 13.8. The zero-order valence-electron chi connectivity index (χ0n) is 10.7. The van der Waals surface area contributed by atoms with Gasteiger partial charge in [0.1, 0.15) is 0 Å². The van der Waals surface area contributed by atoms with Gasteiger partial charge in [-0.3, -0.25) is 4.79 Å². The first-order chi connectivity index (χ1) is 8.63. The van der Waals surface area contributed by atoms with Gasteiger partial charge in [-0.1, -0.05) is 6.42 Å². The molecule has 1 aromatic rings. The van der Waals surface area contributed by atoms with Crippen molar-refractivity contribution >= 4 is 22.9 Å². The molecule has 4 heteroatoms. The van der Waals surface area contributed by atoms with Crippen LogP contribution in [0.3, 0.4) is 0 Å². The highest BCUT2D eigenvalue weighted by Crippen LogP contribution is 2.47. The molecule has 1 amide bonds. The number of hydrogen-bond donors (Lipinski definition) is 2. The minimum Gasteiger partial charge on any atom is -0.398 e. The first-order valence-electron chi connectivity index (χ1n) is 6.77. The second-order valence-corrected chi connectivity index (χ2v) is 7.02. The first kappa shape index (κ1) is 12.0. The van der Waals surface area contributed by atoms with Crippen LogP contribution in [0.15, 0.2) is 6.07 Å². The smallest absolute Gasteiger partial charge is 0.261 e. The van der Waals surface area contributed by atoms with E-state index in [0.29, 0.717) is 5.92 Å². The number of thiophene rings is 1. The number of fused-ring (bicyclic) bond motifs is 2. The molecule has 0 radical (unpaired) electrons. The van der Waals surface area contributed by atoms with Crippen LogP contribution in [0.1, 0.15) is 40.2 Å². The maximum absolute atomic E-state index is 12.0. The minimum atomic E-state index is 0.0440. The van der Waals surface area contributed by atoms with Crippen molar-refractivity contribution in [1.29, 1.82) is 0 Å². The highest BCUT2D eigenvalue weighted by atomic mass is 32.1. The van der Waals surface area contributed by atoms with Crippen molar-refractivity contribution in [2.45, 2.75) is 32.6 Å². The molecule has 3 atom stereocenters. The van der Waals surface area contributed by atoms with E-state index in [4.69, 9.17) is 5.73 Å². The van der Waals surface area contributed by atoms with Crippen molar-refractivity contribution in [3.8, 4) is 0 Å². The molecule has 3 nitrogen and oxygen atoms in total. The van der Waals surface area contributed by atoms with E-state index in [2.05, 4.69) is 5.32 Å². The Morgan fingerprint density at radius 2 is 2.33 bits per heavy atom. The van der Waals surface area contributed by atoms with Gasteiger partial charge in [-0.25, -0.2) is 0 Å². The van der Waals surface area contributed by atoms with Crippen LogP contribution in [-0.4, -0.2) is 12.5 Å². The van der Waals surface area contributed by atoms with E-state index in [1.54, 1.807) is 6.07 Å². The van der Waals surface area contributed by atoms with Gasteiger partial charge in [-0.2, -0.15) is 0 Å². The Morgan fingerprint density at radius 3 is 2.89 bits per heavy atom. The molecule has 2 saturated carbocycles. The fourth-order valence-electron chi connectivity index (χ4n) is 3.55. The lowest BCUT2D eigenvalue weighted by molar-refractivity contribution is 0.0946. The average Bonchev–Trinajstić information content (AvgIpc) is 3.03. The van der Waals surface area contributed by atoms with Crippen LogP contribution in [0.4, 0.5) is 5.69 Å². The van der Waals surface area contributed by atoms with Crippen LogP contribution in [0.5, 0.6) is 0 Å². The standard InChI is InChI=1S/C14H20N2OS/c1-8-12(15)6-13(18-8)14(17)16-7-11-5-9-2-3-10(11)4-9/h6,9-11H,2-5,7,15H2,1H3,(H,16,17). The van der Waals surface area contributed by atoms with Crippen molar-refractivity contribution in [1.82, 2.24) is 5.32 Å². The Morgan fingerprint density at radius 1 is 1.50 bits per heavy atom. The number of carbonyl (C=O) groups excluding carboxylic acids is 1. The predicted molar refractivity (Wildman–Crippen MR) is 74.7 cm³/mol. The first-order valence-corrected chi connectivity index (χ1v) is 7.59. The van der Waals surface area contributed by atoms with Gasteiger partial charge in [-0.05, 0) is 50.0 Å². The largest absolute Gasteiger partial charge is 0.398 e. The fraction of sp³-hybridized carbons (Fsp3) is 0.643. The van der Waals surface area contributed by atoms with E-state index in [9.17, 15) is 4.79 Å². The Bertz CT molecular complexity index is 449. The zero-order chi connectivity index (χ0) is 12.7. The number of aryl methyl sites for hydroxylation is 1. The van der Waals surface area contributed by atoms with E-state index in [1.165, 1.54) is 37.0 Å². The molecular weight excluding hydrogens is 244 g/mol. The number of hydrogen-bond acceptors (Lipinski definition) is 3. The zero-order valence-corrected chi connectivity index (χ0v) is 11.6. The van der Waals surface area contributed by atoms with Crippen LogP contribution in [0.25, 0.3) is 0 Å². The van der Waals surface area contributed by atoms with Crippen LogP contribution in [0.2, 0.25) is 0 Å². The Labute approximate surface area is 112 Å². The van der Waals surface area contributed by atoms with E-state index in [0.717, 1.165) is 33.8 Å². The molecule has 98 valence electrons. The van der Waals surface area contributed by atoms with Crippen molar-refractivity contribution in [2.24, 2.45) is 17.8 Å². The Hall–Kier alpha value is -1.03. The summed E-state index contributed by atoms with van der Waals surface area (Å²) in [5.74, 6) is 2.57. The summed E-state index contributed by atoms with van der Waals surface area (Å²) in [7, 11) is 0. The van der Waals surface area contributed by atoms with Crippen LogP contribution >= 0.6 is 11.3 Å². The fourth-order valence-corrected chi connectivity index (χ4v) is 4.40. The van der Waals surface area contributed by atoms with Crippen LogP contribution < -0.4 is 11.1 Å². The molecule has 0 spiro atoms. The number of nitrogens with one attached hydrogen (secondary N) is 1. The van der Waals surface area contributed by atoms with E-state index >= 15 is 0 Å². The molecule has 3 unspecified atom stereocenters. The molecule has 2 aliphatic rings. The van der Waals surface area contributed by atoms with Gasteiger partial charge < -0.3 is 11.1 Å². The summed E-state index contributed by atoms with van der Waals surface area (Å²) in [5.41, 5.74) is 6.50. The maximum Gasteiger partial charge on any atom is 0.261 e. The van der Waals surface area contributed by atoms with Crippen molar-refractivity contribution in [3.05, 3.63) is 15.8 Å². The number of amides is 1. The third kappa shape index (κ3) is 2.14. The predicted octanol–water partition coefficient (Wildman–Crippen LogP) is 2.80. The van der Waals surface area contributed by atoms with E-state index in [1.807, 2.05) is 6.92 Å². The number of carbonyl (C=O) groups is 1. The third-order valence-electron chi connectivity index (χ3n) is 4.59. The molecule has 2 bridgehead atoms. The molecule has 3 rings (SSSR count). The number of anilines is 1. The molecule has 3 N–H and O–H groups in total. The second-order valence-electron chi connectivity index (χ2n) is 5.77. The summed E-state index contributed by atoms with van der Waals surface area (Å²) in [6.45, 7) is 2.80. The quantitative estimate of drug-likeness (QED) is 0.882. The Balaban J connectivity index is 1.55. The number of nitrogens with two attached hydrogens (primary N) is 1. The summed E-state index contributed by atoms with van der Waals surface area (Å²) in [6, 6.07) is 1.79. The highest BCUT2D eigenvalue weighted by molar-refractivity contribution is 7.14. The second kappa shape index (κ2) is 4.57. The molecule has 0 saturated heterocycles. The van der Waals surface area contributed by atoms with Gasteiger partial charge in [0.05, 0.1) is 4.88 Å². The lowest BCUT2D eigenvalue weighted by Crippen LogP contribution is -2.31. The highest BCUT2D eigenvalue weighted by Gasteiger charge is 2.39. The number of nitrogen functional groups attached to an aromatic ring is 1. The van der Waals surface area contributed by atoms with E-state index < -0.39 is 0 Å². The lowest BCUT2D eigenvalue weighted by Gasteiger charge is -2.21. The molecule has 2 aliphatic carbocycles. The molecular formula is C14H20N2OS. The molecule has 0 aliphatic heterocycles. The van der Waals surface area contributed by atoms with Crippen molar-refractivity contribution in [2.75, 3.05) is 12.3 Å². The van der Waals surface area contributed by atoms with E-state index in [-0.39, 0.29) is 5.91 Å². The SMILES string of the molecule is Cc1sc(C(=O)NCC2CC3CCC2C3)cc1N. The third-order valence-corrected chi connectivity index (χ3v) is 5.65. The average molecular weight is 264 g/mol. The molecule has 0 aromatic carbocycles. The van der Waals surface area contributed by atoms with Crippen LogP contribution in [-0.2, 0) is 0 Å². The lowest BCUT2D eigenvalue weighted by atomic mass is 9.89. The molecule has 1 heterocycles. The monoisotopic (exact) mass is 264 g/mol. The van der Waals surface area contributed by atoms with Gasteiger partial charge in [0.2, 0.25) is 0 Å². The summed E-state index contributed by atoms with van der Waals surface area (Å²) < 4.78 is 0. The minimum absolute atomic E-state index is 0.0440. The summed E-state index contributed by atoms with van der Waals surface area (Å²) in [5, 5.41) is 3.08. The topological polar surface area (TPSA) is 55.1 Å². The van der Waals surface area contributed by atoms with Gasteiger partial charge in [0.25, 0.3) is 5.91 Å². The van der Waals surface area contributed by atoms with Gasteiger partial charge in [-0.15, -0.1) is 11.3 Å². The van der Waals surface area contributed by atoms with Gasteiger partial charge >= 0.3 is 0 Å². The summed E-state index contributed by atoms with van der Waals surface area (Å²) in [6.07, 6.45) is 5.49. The number of rotatable bonds is 3. The molecule has 18 heavy (non-hydrogen) atoms. The molecule has 2 fully saturated rings. The van der Waals surface area contributed by atoms with Gasteiger partial charge in [0, 0.05) is 17.1 Å². The van der Waals surface area contributed by atoms with Crippen molar-refractivity contribution < 1.29 is 4.79 Å². The molecule has 1 aromatic heterocycles. The van der Waals surface area contributed by atoms with Crippen LogP contribution in [0, 0.1) is 24.7 Å².